The first-order chi connectivity index (χ1) is 12.2. The monoisotopic (exact) mass is 336 g/mol. The Hall–Kier alpha value is -2.96. The van der Waals surface area contributed by atoms with Crippen LogP contribution in [0.15, 0.2) is 36.9 Å². The fourth-order valence-corrected chi connectivity index (χ4v) is 3.24. The number of aromatic amines is 1. The highest BCUT2D eigenvalue weighted by molar-refractivity contribution is 5.93. The van der Waals surface area contributed by atoms with Gasteiger partial charge in [-0.2, -0.15) is 9.37 Å². The first kappa shape index (κ1) is 14.4. The minimum Gasteiger partial charge on any atom is -0.351 e. The molecule has 1 atom stereocenters. The molecule has 1 unspecified atom stereocenters. The van der Waals surface area contributed by atoms with Crippen LogP contribution in [0.1, 0.15) is 19.8 Å². The lowest BCUT2D eigenvalue weighted by molar-refractivity contribution is 0.573. The molecular formula is C18H17FN6. The minimum atomic E-state index is -0.381. The van der Waals surface area contributed by atoms with Crippen LogP contribution < -0.4 is 5.32 Å². The Morgan fingerprint density at radius 3 is 3.00 bits per heavy atom. The second kappa shape index (κ2) is 5.27. The number of nitrogens with zero attached hydrogens (tertiary/aromatic N) is 4. The van der Waals surface area contributed by atoms with E-state index in [0.29, 0.717) is 17.6 Å². The largest absolute Gasteiger partial charge is 0.351 e. The standard InChI is InChI=1S/C18H17FN6/c1-10(11-2-3-11)23-18-22-7-14-13(6-21-17(14)24-18)12-4-5-16-20-8-15(19)25(16)9-12/h4-11H,2-3H2,1H3,(H2,21,22,23,24). The van der Waals surface area contributed by atoms with Gasteiger partial charge in [0, 0.05) is 41.1 Å². The van der Waals surface area contributed by atoms with Gasteiger partial charge < -0.3 is 10.3 Å². The number of anilines is 1. The average Bonchev–Trinajstić information content (AvgIpc) is 3.30. The molecule has 7 heteroatoms. The van der Waals surface area contributed by atoms with E-state index in [9.17, 15) is 4.39 Å². The zero-order valence-corrected chi connectivity index (χ0v) is 13.7. The summed E-state index contributed by atoms with van der Waals surface area (Å²) in [5, 5.41) is 4.28. The molecule has 4 heterocycles. The van der Waals surface area contributed by atoms with E-state index in [1.807, 2.05) is 18.5 Å². The van der Waals surface area contributed by atoms with Gasteiger partial charge in [-0.15, -0.1) is 0 Å². The van der Waals surface area contributed by atoms with Gasteiger partial charge in [0.2, 0.25) is 11.9 Å². The van der Waals surface area contributed by atoms with Crippen molar-refractivity contribution in [3.63, 3.8) is 0 Å². The van der Waals surface area contributed by atoms with Gasteiger partial charge in [0.15, 0.2) is 0 Å². The fraction of sp³-hybridized carbons (Fsp3) is 0.278. The van der Waals surface area contributed by atoms with E-state index < -0.39 is 0 Å². The molecule has 1 fully saturated rings. The van der Waals surface area contributed by atoms with Crippen LogP contribution in [0.25, 0.3) is 27.8 Å². The summed E-state index contributed by atoms with van der Waals surface area (Å²) in [6, 6.07) is 4.11. The van der Waals surface area contributed by atoms with E-state index >= 15 is 0 Å². The number of fused-ring (bicyclic) bond motifs is 2. The predicted molar refractivity (Wildman–Crippen MR) is 93.8 cm³/mol. The molecule has 0 amide bonds. The molecule has 126 valence electrons. The SMILES string of the molecule is CC(Nc1ncc2c(-c3ccc4ncc(F)n4c3)c[nH]c2n1)C1CC1. The maximum atomic E-state index is 13.8. The summed E-state index contributed by atoms with van der Waals surface area (Å²) in [5.41, 5.74) is 3.16. The van der Waals surface area contributed by atoms with Crippen LogP contribution in [0.2, 0.25) is 0 Å². The topological polar surface area (TPSA) is 70.9 Å². The maximum absolute atomic E-state index is 13.8. The Morgan fingerprint density at radius 1 is 1.28 bits per heavy atom. The number of rotatable bonds is 4. The van der Waals surface area contributed by atoms with Gasteiger partial charge >= 0.3 is 0 Å². The van der Waals surface area contributed by atoms with Crippen LogP contribution in [0.3, 0.4) is 0 Å². The first-order valence-corrected chi connectivity index (χ1v) is 8.43. The Labute approximate surface area is 143 Å². The molecule has 4 aromatic rings. The number of aromatic nitrogens is 5. The van der Waals surface area contributed by atoms with Crippen molar-refractivity contribution in [3.8, 4) is 11.1 Å². The highest BCUT2D eigenvalue weighted by atomic mass is 19.1. The molecule has 25 heavy (non-hydrogen) atoms. The van der Waals surface area contributed by atoms with E-state index in [0.717, 1.165) is 28.1 Å². The lowest BCUT2D eigenvalue weighted by Crippen LogP contribution is -2.18. The summed E-state index contributed by atoms with van der Waals surface area (Å²) >= 11 is 0. The molecule has 1 aliphatic rings. The predicted octanol–water partition coefficient (Wildman–Crippen LogP) is 3.62. The molecule has 4 aromatic heterocycles. The quantitative estimate of drug-likeness (QED) is 0.597. The number of hydrogen-bond acceptors (Lipinski definition) is 4. The second-order valence-electron chi connectivity index (χ2n) is 6.66. The van der Waals surface area contributed by atoms with Gasteiger partial charge in [-0.3, -0.25) is 4.40 Å². The van der Waals surface area contributed by atoms with Crippen molar-refractivity contribution in [2.24, 2.45) is 5.92 Å². The first-order valence-electron chi connectivity index (χ1n) is 8.43. The molecule has 0 saturated heterocycles. The van der Waals surface area contributed by atoms with E-state index in [1.54, 1.807) is 12.3 Å². The van der Waals surface area contributed by atoms with Crippen LogP contribution in [0.5, 0.6) is 0 Å². The lowest BCUT2D eigenvalue weighted by atomic mass is 10.1. The molecule has 0 spiro atoms. The van der Waals surface area contributed by atoms with E-state index in [1.165, 1.54) is 23.4 Å². The number of halogens is 1. The summed E-state index contributed by atoms with van der Waals surface area (Å²) in [5.74, 6) is 0.986. The van der Waals surface area contributed by atoms with Crippen molar-refractivity contribution in [1.29, 1.82) is 0 Å². The van der Waals surface area contributed by atoms with Crippen molar-refractivity contribution < 1.29 is 4.39 Å². The fourth-order valence-electron chi connectivity index (χ4n) is 3.24. The van der Waals surface area contributed by atoms with Gasteiger partial charge in [-0.05, 0) is 37.8 Å². The minimum absolute atomic E-state index is 0.381. The second-order valence-corrected chi connectivity index (χ2v) is 6.66. The molecule has 5 rings (SSSR count). The number of pyridine rings is 1. The molecule has 1 aliphatic carbocycles. The molecule has 2 N–H and O–H groups in total. The van der Waals surface area contributed by atoms with Gasteiger partial charge in [0.05, 0.1) is 6.20 Å². The van der Waals surface area contributed by atoms with Crippen molar-refractivity contribution in [2.75, 3.05) is 5.32 Å². The average molecular weight is 336 g/mol. The van der Waals surface area contributed by atoms with Gasteiger partial charge in [0.25, 0.3) is 0 Å². The third kappa shape index (κ3) is 2.43. The summed E-state index contributed by atoms with van der Waals surface area (Å²) < 4.78 is 15.2. The van der Waals surface area contributed by atoms with Gasteiger partial charge in [0.1, 0.15) is 11.3 Å². The van der Waals surface area contributed by atoms with Crippen LogP contribution in [-0.4, -0.2) is 30.4 Å². The van der Waals surface area contributed by atoms with Gasteiger partial charge in [-0.1, -0.05) is 0 Å². The third-order valence-electron chi connectivity index (χ3n) is 4.89. The summed E-state index contributed by atoms with van der Waals surface area (Å²) in [4.78, 5) is 16.2. The Bertz CT molecular complexity index is 1080. The zero-order chi connectivity index (χ0) is 17.0. The number of H-pyrrole nitrogens is 1. The Morgan fingerprint density at radius 2 is 2.16 bits per heavy atom. The van der Waals surface area contributed by atoms with Crippen LogP contribution in [0, 0.1) is 11.9 Å². The number of imidazole rings is 1. The Kier molecular flexibility index (Phi) is 3.03. The van der Waals surface area contributed by atoms with Gasteiger partial charge in [-0.25, -0.2) is 9.97 Å². The number of nitrogens with one attached hydrogen (secondary N) is 2. The van der Waals surface area contributed by atoms with E-state index in [4.69, 9.17) is 0 Å². The normalized spacial score (nSPS) is 15.8. The third-order valence-corrected chi connectivity index (χ3v) is 4.89. The molecule has 1 saturated carbocycles. The van der Waals surface area contributed by atoms with Crippen LogP contribution in [0.4, 0.5) is 10.3 Å². The Balaban J connectivity index is 1.53. The smallest absolute Gasteiger partial charge is 0.224 e. The molecule has 6 nitrogen and oxygen atoms in total. The maximum Gasteiger partial charge on any atom is 0.224 e. The van der Waals surface area contributed by atoms with Crippen molar-refractivity contribution in [3.05, 3.63) is 42.9 Å². The lowest BCUT2D eigenvalue weighted by Gasteiger charge is -2.12. The van der Waals surface area contributed by atoms with E-state index in [-0.39, 0.29) is 5.95 Å². The molecule has 0 aromatic carbocycles. The van der Waals surface area contributed by atoms with Crippen LogP contribution in [-0.2, 0) is 0 Å². The molecule has 0 radical (unpaired) electrons. The molecular weight excluding hydrogens is 319 g/mol. The summed E-state index contributed by atoms with van der Waals surface area (Å²) in [6.45, 7) is 2.17. The van der Waals surface area contributed by atoms with Crippen LogP contribution >= 0.6 is 0 Å². The zero-order valence-electron chi connectivity index (χ0n) is 13.7. The summed E-state index contributed by atoms with van der Waals surface area (Å²) in [6.07, 6.45) is 9.19. The molecule has 0 bridgehead atoms. The summed E-state index contributed by atoms with van der Waals surface area (Å²) in [7, 11) is 0. The van der Waals surface area contributed by atoms with Crippen molar-refractivity contribution in [1.82, 2.24) is 24.3 Å². The van der Waals surface area contributed by atoms with Crippen molar-refractivity contribution in [2.45, 2.75) is 25.8 Å². The molecule has 0 aliphatic heterocycles. The highest BCUT2D eigenvalue weighted by Gasteiger charge is 2.28. The van der Waals surface area contributed by atoms with E-state index in [2.05, 4.69) is 32.2 Å². The number of hydrogen-bond donors (Lipinski definition) is 2. The van der Waals surface area contributed by atoms with Crippen molar-refractivity contribution >= 4 is 22.6 Å². The highest BCUT2D eigenvalue weighted by Crippen LogP contribution is 2.34.